The van der Waals surface area contributed by atoms with E-state index in [-0.39, 0.29) is 19.0 Å². The van der Waals surface area contributed by atoms with Crippen molar-refractivity contribution in [3.8, 4) is 0 Å². The second kappa shape index (κ2) is 14.5. The van der Waals surface area contributed by atoms with Gasteiger partial charge >= 0.3 is 12.1 Å². The number of amides is 1. The Kier molecular flexibility index (Phi) is 10.6. The molecule has 0 saturated carbocycles. The quantitative estimate of drug-likeness (QED) is 0.260. The zero-order valence-electron chi connectivity index (χ0n) is 26.8. The molecule has 4 aromatic rings. The minimum Gasteiger partial charge on any atom is -0.475 e. The lowest BCUT2D eigenvalue weighted by molar-refractivity contribution is -0.192. The van der Waals surface area contributed by atoms with Crippen LogP contribution < -0.4 is 0 Å². The van der Waals surface area contributed by atoms with E-state index in [0.29, 0.717) is 36.1 Å². The number of aryl methyl sites for hydroxylation is 2. The molecule has 13 heteroatoms. The molecule has 3 heterocycles. The number of carboxylic acid groups (broad SMARTS) is 1. The molecule has 0 bridgehead atoms. The number of aromatic amines is 1. The van der Waals surface area contributed by atoms with Gasteiger partial charge in [0.05, 0.1) is 4.90 Å². The summed E-state index contributed by atoms with van der Waals surface area (Å²) in [5.74, 6) is -2.25. The van der Waals surface area contributed by atoms with Gasteiger partial charge in [-0.25, -0.2) is 13.2 Å². The highest BCUT2D eigenvalue weighted by Gasteiger charge is 2.38. The molecule has 2 N–H and O–H groups in total. The van der Waals surface area contributed by atoms with Crippen LogP contribution in [0.5, 0.6) is 0 Å². The minimum absolute atomic E-state index is 0.0572. The van der Waals surface area contributed by atoms with Crippen LogP contribution in [0.2, 0.25) is 0 Å². The summed E-state index contributed by atoms with van der Waals surface area (Å²) in [5, 5.41) is 8.21. The van der Waals surface area contributed by atoms with Crippen molar-refractivity contribution < 1.29 is 36.3 Å². The van der Waals surface area contributed by atoms with Crippen molar-refractivity contribution in [1.29, 1.82) is 0 Å². The smallest absolute Gasteiger partial charge is 0.475 e. The number of piperazine rings is 1. The summed E-state index contributed by atoms with van der Waals surface area (Å²) in [5.41, 5.74) is 6.78. The Bertz CT molecular complexity index is 1860. The number of carbonyl (C=O) groups is 2. The average Bonchev–Trinajstić information content (AvgIpc) is 3.44. The van der Waals surface area contributed by atoms with Gasteiger partial charge in [-0.15, -0.1) is 0 Å². The number of H-pyrrole nitrogens is 1. The molecule has 256 valence electrons. The Morgan fingerprint density at radius 2 is 1.48 bits per heavy atom. The largest absolute Gasteiger partial charge is 0.490 e. The van der Waals surface area contributed by atoms with Crippen LogP contribution in [-0.4, -0.2) is 89.9 Å². The molecular formula is C35H39F3N4O5S. The van der Waals surface area contributed by atoms with Crippen LogP contribution in [0.15, 0.2) is 77.7 Å². The van der Waals surface area contributed by atoms with Crippen LogP contribution in [0.1, 0.15) is 51.5 Å². The number of benzene rings is 3. The van der Waals surface area contributed by atoms with Crippen LogP contribution in [0, 0.1) is 13.8 Å². The number of halogens is 3. The summed E-state index contributed by atoms with van der Waals surface area (Å²) in [6, 6.07) is 23.4. The highest BCUT2D eigenvalue weighted by atomic mass is 32.2. The fourth-order valence-corrected chi connectivity index (χ4v) is 7.85. The number of likely N-dealkylation sites (tertiary alicyclic amines) is 1. The molecule has 2 fully saturated rings. The van der Waals surface area contributed by atoms with Crippen LogP contribution in [0.25, 0.3) is 10.9 Å². The number of hydrogen-bond donors (Lipinski definition) is 2. The van der Waals surface area contributed by atoms with Crippen molar-refractivity contribution >= 4 is 32.8 Å². The highest BCUT2D eigenvalue weighted by Crippen LogP contribution is 2.33. The summed E-state index contributed by atoms with van der Waals surface area (Å²) < 4.78 is 59.4. The molecule has 3 aromatic carbocycles. The second-order valence-electron chi connectivity index (χ2n) is 12.2. The zero-order valence-corrected chi connectivity index (χ0v) is 27.7. The number of fused-ring (bicyclic) bond motifs is 1. The van der Waals surface area contributed by atoms with Crippen LogP contribution in [0.4, 0.5) is 13.2 Å². The second-order valence-corrected chi connectivity index (χ2v) is 14.2. The topological polar surface area (TPSA) is 114 Å². The van der Waals surface area contributed by atoms with Gasteiger partial charge < -0.3 is 15.0 Å². The summed E-state index contributed by atoms with van der Waals surface area (Å²) in [6.07, 6.45) is -2.87. The zero-order chi connectivity index (χ0) is 34.6. The molecule has 2 aliphatic heterocycles. The maximum absolute atomic E-state index is 13.9. The predicted molar refractivity (Wildman–Crippen MR) is 176 cm³/mol. The molecule has 1 amide bonds. The molecule has 1 aromatic heterocycles. The number of para-hydroxylation sites is 1. The van der Waals surface area contributed by atoms with Crippen molar-refractivity contribution in [1.82, 2.24) is 19.1 Å². The van der Waals surface area contributed by atoms with Gasteiger partial charge in [0.1, 0.15) is 5.69 Å². The van der Waals surface area contributed by atoms with Crippen molar-refractivity contribution in [2.24, 2.45) is 0 Å². The van der Waals surface area contributed by atoms with E-state index in [9.17, 15) is 26.4 Å². The number of nitrogens with one attached hydrogen (secondary N) is 1. The standard InChI is InChI=1S/C33H38N4O3S.C2HF3O2/c1-24-12-13-25(2)29(22-24)26-14-16-35(17-15-26)23-30-28-10-6-7-11-31(28)34-32(30)33(38)36-18-20-37(21-19-36)41(39,40)27-8-4-3-5-9-27;3-2(4,5)1(6)7/h3-13,22,26,34H,14-21,23H2,1-2H3;(H,6,7). The summed E-state index contributed by atoms with van der Waals surface area (Å²) in [4.78, 5) is 30.7. The van der Waals surface area contributed by atoms with E-state index in [2.05, 4.69) is 48.0 Å². The van der Waals surface area contributed by atoms with Gasteiger partial charge in [0.2, 0.25) is 10.0 Å². The lowest BCUT2D eigenvalue weighted by Crippen LogP contribution is -2.50. The maximum atomic E-state index is 13.9. The monoisotopic (exact) mass is 684 g/mol. The van der Waals surface area contributed by atoms with Crippen molar-refractivity contribution in [2.75, 3.05) is 39.3 Å². The Hall–Kier alpha value is -4.20. The van der Waals surface area contributed by atoms with E-state index in [4.69, 9.17) is 9.90 Å². The number of nitrogens with zero attached hydrogens (tertiary/aromatic N) is 3. The van der Waals surface area contributed by atoms with E-state index in [1.54, 1.807) is 35.2 Å². The first-order valence-electron chi connectivity index (χ1n) is 15.8. The van der Waals surface area contributed by atoms with E-state index < -0.39 is 22.2 Å². The van der Waals surface area contributed by atoms with Crippen LogP contribution in [-0.2, 0) is 21.4 Å². The van der Waals surface area contributed by atoms with Gasteiger partial charge in [-0.05, 0) is 75.0 Å². The Morgan fingerprint density at radius 1 is 0.875 bits per heavy atom. The van der Waals surface area contributed by atoms with Gasteiger partial charge in [0, 0.05) is 49.2 Å². The van der Waals surface area contributed by atoms with Gasteiger partial charge in [0.15, 0.2) is 0 Å². The van der Waals surface area contributed by atoms with E-state index >= 15 is 0 Å². The molecule has 6 rings (SSSR count). The average molecular weight is 685 g/mol. The molecule has 2 saturated heterocycles. The number of rotatable bonds is 6. The highest BCUT2D eigenvalue weighted by molar-refractivity contribution is 7.89. The number of aromatic nitrogens is 1. The third-order valence-corrected chi connectivity index (χ3v) is 10.9. The molecule has 0 radical (unpaired) electrons. The summed E-state index contributed by atoms with van der Waals surface area (Å²) in [7, 11) is -3.57. The van der Waals surface area contributed by atoms with Crippen molar-refractivity contribution in [2.45, 2.75) is 50.2 Å². The van der Waals surface area contributed by atoms with Crippen molar-refractivity contribution in [3.63, 3.8) is 0 Å². The molecule has 0 spiro atoms. The van der Waals surface area contributed by atoms with Gasteiger partial charge in [-0.3, -0.25) is 9.69 Å². The lowest BCUT2D eigenvalue weighted by Gasteiger charge is -2.35. The number of alkyl halides is 3. The fourth-order valence-electron chi connectivity index (χ4n) is 6.40. The lowest BCUT2D eigenvalue weighted by atomic mass is 9.86. The first kappa shape index (κ1) is 35.1. The summed E-state index contributed by atoms with van der Waals surface area (Å²) in [6.45, 7) is 8.35. The molecule has 2 aliphatic rings. The Morgan fingerprint density at radius 3 is 2.10 bits per heavy atom. The van der Waals surface area contributed by atoms with Gasteiger partial charge in [-0.1, -0.05) is 60.2 Å². The SMILES string of the molecule is Cc1ccc(C)c(C2CCN(Cc3c(C(=O)N4CCN(S(=O)(=O)c5ccccc5)CC4)[nH]c4ccccc34)CC2)c1.O=C(O)C(F)(F)F. The predicted octanol–water partition coefficient (Wildman–Crippen LogP) is 5.94. The molecular weight excluding hydrogens is 645 g/mol. The fraction of sp³-hybridized carbons (Fsp3) is 0.371. The summed E-state index contributed by atoms with van der Waals surface area (Å²) >= 11 is 0. The number of hydrogen-bond acceptors (Lipinski definition) is 5. The maximum Gasteiger partial charge on any atom is 0.490 e. The van der Waals surface area contributed by atoms with Crippen LogP contribution in [0.3, 0.4) is 0 Å². The minimum atomic E-state index is -5.08. The van der Waals surface area contributed by atoms with E-state index in [0.717, 1.165) is 42.4 Å². The first-order chi connectivity index (χ1) is 22.8. The molecule has 0 atom stereocenters. The molecule has 48 heavy (non-hydrogen) atoms. The van der Waals surface area contributed by atoms with Gasteiger partial charge in [-0.2, -0.15) is 17.5 Å². The number of piperidine rings is 1. The molecule has 9 nitrogen and oxygen atoms in total. The number of aliphatic carboxylic acids is 1. The molecule has 0 unspecified atom stereocenters. The van der Waals surface area contributed by atoms with E-state index in [1.165, 1.54) is 21.0 Å². The van der Waals surface area contributed by atoms with Gasteiger partial charge in [0.25, 0.3) is 5.91 Å². The Labute approximate surface area is 278 Å². The third kappa shape index (κ3) is 7.91. The number of carboxylic acids is 1. The number of carbonyl (C=O) groups excluding carboxylic acids is 1. The normalized spacial score (nSPS) is 16.8. The first-order valence-corrected chi connectivity index (χ1v) is 17.2. The third-order valence-electron chi connectivity index (χ3n) is 9.02. The molecule has 0 aliphatic carbocycles. The van der Waals surface area contributed by atoms with E-state index in [1.807, 2.05) is 18.2 Å². The number of sulfonamides is 1. The Balaban J connectivity index is 0.000000582. The van der Waals surface area contributed by atoms with Crippen LogP contribution >= 0.6 is 0 Å². The van der Waals surface area contributed by atoms with Crippen molar-refractivity contribution in [3.05, 3.63) is 101 Å².